The van der Waals surface area contributed by atoms with E-state index in [0.717, 1.165) is 31.2 Å². The van der Waals surface area contributed by atoms with Crippen molar-refractivity contribution in [2.45, 2.75) is 43.9 Å². The number of carboxylic acid groups (broad SMARTS) is 1. The Labute approximate surface area is 212 Å². The molecule has 0 radical (unpaired) electrons. The minimum absolute atomic E-state index is 0. The molecule has 0 fully saturated rings. The normalized spacial score (nSPS) is 13.2. The zero-order valence-electron chi connectivity index (χ0n) is 16.9. The van der Waals surface area contributed by atoms with Gasteiger partial charge in [0.15, 0.2) is 0 Å². The minimum Gasteiger partial charge on any atom is -0.545 e. The van der Waals surface area contributed by atoms with Gasteiger partial charge in [-0.2, -0.15) is 0 Å². The van der Waals surface area contributed by atoms with E-state index in [4.69, 9.17) is 9.20 Å². The molecule has 0 bridgehead atoms. The number of carboxylic acids is 1. The molecule has 0 amide bonds. The molecule has 1 heterocycles. The summed E-state index contributed by atoms with van der Waals surface area (Å²) in [5.74, 6) is -1.38. The van der Waals surface area contributed by atoms with Gasteiger partial charge in [0.05, 0.1) is 26.5 Å². The molecule has 3 rings (SSSR count). The molecule has 6 nitrogen and oxygen atoms in total. The van der Waals surface area contributed by atoms with Gasteiger partial charge in [-0.1, -0.05) is 26.2 Å². The molecule has 0 aliphatic rings. The summed E-state index contributed by atoms with van der Waals surface area (Å²) in [5.41, 5.74) is 0.915. The molecule has 1 aromatic heterocycles. The van der Waals surface area contributed by atoms with Crippen LogP contribution in [0.5, 0.6) is 0 Å². The number of nitrogens with one attached hydrogen (secondary N) is 1. The Morgan fingerprint density at radius 3 is 2.48 bits per heavy atom. The van der Waals surface area contributed by atoms with Crippen LogP contribution in [0.3, 0.4) is 0 Å². The molecule has 0 spiro atoms. The van der Waals surface area contributed by atoms with Crippen molar-refractivity contribution >= 4 is 37.6 Å². The second-order valence-corrected chi connectivity index (χ2v) is 9.20. The van der Waals surface area contributed by atoms with E-state index in [9.17, 15) is 18.9 Å². The number of hydrogen-bond donors (Lipinski definition) is 1. The van der Waals surface area contributed by atoms with Gasteiger partial charge >= 0.3 is 51.4 Å². The molecule has 2 aromatic carbocycles. The van der Waals surface area contributed by atoms with Crippen molar-refractivity contribution in [1.82, 2.24) is 0 Å². The van der Waals surface area contributed by atoms with Crippen molar-refractivity contribution in [2.75, 3.05) is 6.26 Å². The molecule has 148 valence electrons. The third kappa shape index (κ3) is 5.37. The summed E-state index contributed by atoms with van der Waals surface area (Å²) in [4.78, 5) is 24.4. The van der Waals surface area contributed by atoms with E-state index >= 15 is 0 Å². The van der Waals surface area contributed by atoms with Crippen molar-refractivity contribution < 1.29 is 69.9 Å². The van der Waals surface area contributed by atoms with Gasteiger partial charge in [0.2, 0.25) is 5.43 Å². The summed E-state index contributed by atoms with van der Waals surface area (Å²) in [6.07, 6.45) is 6.06. The van der Waals surface area contributed by atoms with Crippen LogP contribution in [0, 0.1) is 4.78 Å². The molecule has 1 N–H and O–H groups in total. The van der Waals surface area contributed by atoms with E-state index in [1.165, 1.54) is 30.5 Å². The predicted molar refractivity (Wildman–Crippen MR) is 107 cm³/mol. The molecular weight excluding hydrogens is 417 g/mol. The smallest absolute Gasteiger partial charge is 0.545 e. The number of aromatic carboxylic acids is 1. The van der Waals surface area contributed by atoms with Gasteiger partial charge in [-0.3, -0.25) is 4.79 Å². The van der Waals surface area contributed by atoms with Crippen molar-refractivity contribution in [3.8, 4) is 0 Å². The van der Waals surface area contributed by atoms with Crippen LogP contribution >= 0.6 is 0 Å². The van der Waals surface area contributed by atoms with Crippen molar-refractivity contribution in [2.24, 2.45) is 0 Å². The van der Waals surface area contributed by atoms with Crippen molar-refractivity contribution in [3.05, 3.63) is 51.7 Å². The van der Waals surface area contributed by atoms with Gasteiger partial charge in [-0.15, -0.1) is 0 Å². The third-order valence-corrected chi connectivity index (χ3v) is 5.94. The average molecular weight is 440 g/mol. The van der Waals surface area contributed by atoms with Crippen LogP contribution in [-0.2, 0) is 16.1 Å². The molecule has 0 aliphatic heterocycles. The fourth-order valence-electron chi connectivity index (χ4n) is 3.28. The molecule has 1 unspecified atom stereocenters. The zero-order chi connectivity index (χ0) is 20.5. The number of rotatable bonds is 7. The Morgan fingerprint density at radius 2 is 1.86 bits per heavy atom. The maximum Gasteiger partial charge on any atom is 1.00 e. The van der Waals surface area contributed by atoms with Crippen LogP contribution in [0.1, 0.15) is 48.5 Å². The van der Waals surface area contributed by atoms with Gasteiger partial charge in [0.25, 0.3) is 0 Å². The van der Waals surface area contributed by atoms with Crippen LogP contribution < -0.4 is 61.9 Å². The quantitative estimate of drug-likeness (QED) is 0.327. The van der Waals surface area contributed by atoms with Crippen LogP contribution in [0.15, 0.2) is 44.4 Å². The van der Waals surface area contributed by atoms with E-state index < -0.39 is 21.1 Å². The molecule has 0 aliphatic carbocycles. The predicted octanol–water partition coefficient (Wildman–Crippen LogP) is 0.472. The van der Waals surface area contributed by atoms with E-state index in [0.29, 0.717) is 12.0 Å². The SMILES string of the molecule is CCCCCCc1cc(S(C)(=N)=O)cc2c(=O)c3cc(C(=O)[O-])ccc3oc12.[K+]. The molecule has 0 saturated carbocycles. The van der Waals surface area contributed by atoms with Crippen LogP contribution in [0.4, 0.5) is 0 Å². The van der Waals surface area contributed by atoms with Gasteiger partial charge in [-0.05, 0) is 54.3 Å². The first kappa shape index (κ1) is 24.2. The van der Waals surface area contributed by atoms with Crippen molar-refractivity contribution in [3.63, 3.8) is 0 Å². The standard InChI is InChI=1S/C21H23NO5S.K/c1-3-4-5-6-7-13-10-15(28(2,22)26)12-17-19(23)16-11-14(21(24)25)8-9-18(16)27-20(13)17;/h8-12,22H,3-7H2,1-2H3,(H,24,25);/q;+1/p-1. The third-order valence-electron chi connectivity index (χ3n) is 4.81. The van der Waals surface area contributed by atoms with Crippen LogP contribution in [0.2, 0.25) is 0 Å². The van der Waals surface area contributed by atoms with E-state index in [1.54, 1.807) is 6.07 Å². The van der Waals surface area contributed by atoms with Crippen LogP contribution in [-0.4, -0.2) is 16.4 Å². The summed E-state index contributed by atoms with van der Waals surface area (Å²) in [5, 5.41) is 11.5. The summed E-state index contributed by atoms with van der Waals surface area (Å²) >= 11 is 0. The van der Waals surface area contributed by atoms with Gasteiger partial charge in [-0.25, -0.2) is 8.99 Å². The van der Waals surface area contributed by atoms with E-state index in [1.807, 2.05) is 0 Å². The van der Waals surface area contributed by atoms with Crippen molar-refractivity contribution in [1.29, 1.82) is 4.78 Å². The number of hydrogen-bond acceptors (Lipinski definition) is 6. The first-order valence-corrected chi connectivity index (χ1v) is 11.2. The number of aryl methyl sites for hydroxylation is 1. The second kappa shape index (κ2) is 9.85. The summed E-state index contributed by atoms with van der Waals surface area (Å²) in [6, 6.07) is 7.13. The molecule has 3 aromatic rings. The molecular formula is C21H22KNO5S. The number of carbonyl (C=O) groups excluding carboxylic acids is 1. The number of benzene rings is 2. The summed E-state index contributed by atoms with van der Waals surface area (Å²) in [7, 11) is -3.03. The van der Waals surface area contributed by atoms with Gasteiger partial charge < -0.3 is 14.3 Å². The number of unbranched alkanes of at least 4 members (excludes halogenated alkanes) is 3. The summed E-state index contributed by atoms with van der Waals surface area (Å²) in [6.45, 7) is 2.12. The van der Waals surface area contributed by atoms with E-state index in [-0.39, 0.29) is 78.2 Å². The maximum absolute atomic E-state index is 13.0. The maximum atomic E-state index is 13.0. The van der Waals surface area contributed by atoms with Crippen LogP contribution in [0.25, 0.3) is 21.9 Å². The Balaban J connectivity index is 0.00000300. The van der Waals surface area contributed by atoms with Gasteiger partial charge in [0, 0.05) is 11.2 Å². The first-order valence-electron chi connectivity index (χ1n) is 9.21. The largest absolute Gasteiger partial charge is 1.00 e. The topological polar surface area (TPSA) is 111 Å². The Morgan fingerprint density at radius 1 is 1.14 bits per heavy atom. The Kier molecular flexibility index (Phi) is 8.23. The molecule has 0 saturated heterocycles. The average Bonchev–Trinajstić information content (AvgIpc) is 2.64. The zero-order valence-corrected chi connectivity index (χ0v) is 20.8. The number of carbonyl (C=O) groups is 1. The minimum atomic E-state index is -3.03. The molecule has 8 heteroatoms. The fraction of sp³-hybridized carbons (Fsp3) is 0.333. The monoisotopic (exact) mass is 439 g/mol. The molecule has 1 atom stereocenters. The Bertz CT molecular complexity index is 1230. The molecule has 29 heavy (non-hydrogen) atoms. The van der Waals surface area contributed by atoms with Gasteiger partial charge in [0.1, 0.15) is 11.2 Å². The second-order valence-electron chi connectivity index (χ2n) is 7.04. The van der Waals surface area contributed by atoms with E-state index in [2.05, 4.69) is 6.92 Å². The summed E-state index contributed by atoms with van der Waals surface area (Å²) < 4.78 is 26.2. The number of fused-ring (bicyclic) bond motifs is 2. The Hall–Kier alpha value is -1.03. The fourth-order valence-corrected chi connectivity index (χ4v) is 3.99. The first-order chi connectivity index (χ1) is 13.2.